The standard InChI is InChI=1S/C6H8N4O3S/c11-4(7-2-5(12)13)1-8-6-10-9-3-14-6/h3H,1-2H2,(H,7,11)(H,8,10)(H,12,13). The van der Waals surface area contributed by atoms with Crippen molar-refractivity contribution in [2.75, 3.05) is 18.4 Å². The number of anilines is 1. The third-order valence-electron chi connectivity index (χ3n) is 1.20. The van der Waals surface area contributed by atoms with Gasteiger partial charge < -0.3 is 15.7 Å². The lowest BCUT2D eigenvalue weighted by molar-refractivity contribution is -0.137. The van der Waals surface area contributed by atoms with Crippen molar-refractivity contribution in [1.82, 2.24) is 15.5 Å². The van der Waals surface area contributed by atoms with E-state index in [1.54, 1.807) is 0 Å². The average molecular weight is 216 g/mol. The number of carbonyl (C=O) groups excluding carboxylic acids is 1. The summed E-state index contributed by atoms with van der Waals surface area (Å²) in [5, 5.41) is 20.9. The first-order valence-electron chi connectivity index (χ1n) is 3.67. The van der Waals surface area contributed by atoms with Crippen LogP contribution in [-0.2, 0) is 9.59 Å². The molecule has 0 atom stereocenters. The molecule has 0 aliphatic heterocycles. The fourth-order valence-electron chi connectivity index (χ4n) is 0.643. The highest BCUT2D eigenvalue weighted by molar-refractivity contribution is 7.13. The van der Waals surface area contributed by atoms with Crippen LogP contribution < -0.4 is 10.6 Å². The molecule has 1 aromatic rings. The van der Waals surface area contributed by atoms with Gasteiger partial charge in [0, 0.05) is 0 Å². The van der Waals surface area contributed by atoms with E-state index < -0.39 is 11.9 Å². The fraction of sp³-hybridized carbons (Fsp3) is 0.333. The second-order valence-electron chi connectivity index (χ2n) is 2.27. The van der Waals surface area contributed by atoms with Gasteiger partial charge in [0.15, 0.2) is 0 Å². The number of carbonyl (C=O) groups is 2. The van der Waals surface area contributed by atoms with Crippen LogP contribution in [0.15, 0.2) is 5.51 Å². The molecule has 1 aromatic heterocycles. The highest BCUT2D eigenvalue weighted by atomic mass is 32.1. The van der Waals surface area contributed by atoms with Crippen molar-refractivity contribution in [2.24, 2.45) is 0 Å². The number of hydrogen-bond donors (Lipinski definition) is 3. The number of rotatable bonds is 5. The van der Waals surface area contributed by atoms with Crippen LogP contribution in [0.4, 0.5) is 5.13 Å². The van der Waals surface area contributed by atoms with Crippen molar-refractivity contribution in [2.45, 2.75) is 0 Å². The van der Waals surface area contributed by atoms with Crippen molar-refractivity contribution < 1.29 is 14.7 Å². The first-order valence-corrected chi connectivity index (χ1v) is 4.55. The number of carboxylic acids is 1. The minimum atomic E-state index is -1.07. The summed E-state index contributed by atoms with van der Waals surface area (Å²) < 4.78 is 0. The van der Waals surface area contributed by atoms with Gasteiger partial charge in [-0.15, -0.1) is 10.2 Å². The molecule has 0 aromatic carbocycles. The van der Waals surface area contributed by atoms with Crippen LogP contribution in [0.3, 0.4) is 0 Å². The van der Waals surface area contributed by atoms with Gasteiger partial charge in [-0.25, -0.2) is 0 Å². The number of nitrogens with one attached hydrogen (secondary N) is 2. The quantitative estimate of drug-likeness (QED) is 0.592. The lowest BCUT2D eigenvalue weighted by Crippen LogP contribution is -2.33. The fourth-order valence-corrected chi connectivity index (χ4v) is 1.09. The zero-order valence-electron chi connectivity index (χ0n) is 7.06. The Balaban J connectivity index is 2.18. The number of amides is 1. The highest BCUT2D eigenvalue weighted by Gasteiger charge is 2.04. The number of nitrogens with zero attached hydrogens (tertiary/aromatic N) is 2. The van der Waals surface area contributed by atoms with Crippen LogP contribution in [0.1, 0.15) is 0 Å². The minimum Gasteiger partial charge on any atom is -0.480 e. The lowest BCUT2D eigenvalue weighted by Gasteiger charge is -2.01. The van der Waals surface area contributed by atoms with Crippen LogP contribution in [0.2, 0.25) is 0 Å². The molecule has 1 heterocycles. The molecule has 1 rings (SSSR count). The smallest absolute Gasteiger partial charge is 0.322 e. The van der Waals surface area contributed by atoms with Crippen molar-refractivity contribution >= 4 is 28.3 Å². The molecule has 8 heteroatoms. The molecule has 0 spiro atoms. The van der Waals surface area contributed by atoms with Crippen LogP contribution in [0.5, 0.6) is 0 Å². The molecule has 7 nitrogen and oxygen atoms in total. The Hall–Kier alpha value is -1.70. The Bertz CT molecular complexity index is 313. The number of carboxylic acid groups (broad SMARTS) is 1. The van der Waals surface area contributed by atoms with Gasteiger partial charge in [-0.3, -0.25) is 9.59 Å². The average Bonchev–Trinajstić information content (AvgIpc) is 2.63. The van der Waals surface area contributed by atoms with Gasteiger partial charge >= 0.3 is 5.97 Å². The predicted molar refractivity (Wildman–Crippen MR) is 49.0 cm³/mol. The monoisotopic (exact) mass is 216 g/mol. The first kappa shape index (κ1) is 10.4. The molecular formula is C6H8N4O3S. The Morgan fingerprint density at radius 1 is 1.50 bits per heavy atom. The summed E-state index contributed by atoms with van der Waals surface area (Å²) in [6.45, 7) is -0.390. The highest BCUT2D eigenvalue weighted by Crippen LogP contribution is 2.06. The summed E-state index contributed by atoms with van der Waals surface area (Å²) in [6, 6.07) is 0. The van der Waals surface area contributed by atoms with Gasteiger partial charge in [0.05, 0.1) is 6.54 Å². The molecule has 76 valence electrons. The van der Waals surface area contributed by atoms with E-state index >= 15 is 0 Å². The minimum absolute atomic E-state index is 0.0114. The first-order chi connectivity index (χ1) is 6.68. The van der Waals surface area contributed by atoms with E-state index in [1.165, 1.54) is 16.8 Å². The number of aromatic nitrogens is 2. The van der Waals surface area contributed by atoms with Gasteiger partial charge in [0.2, 0.25) is 11.0 Å². The van der Waals surface area contributed by atoms with Crippen molar-refractivity contribution in [3.63, 3.8) is 0 Å². The van der Waals surface area contributed by atoms with E-state index in [4.69, 9.17) is 5.11 Å². The molecule has 0 radical (unpaired) electrons. The van der Waals surface area contributed by atoms with Crippen LogP contribution >= 0.6 is 11.3 Å². The lowest BCUT2D eigenvalue weighted by atomic mass is 10.5. The molecule has 0 fully saturated rings. The van der Waals surface area contributed by atoms with Gasteiger partial charge in [-0.2, -0.15) is 0 Å². The van der Waals surface area contributed by atoms with E-state index in [1.807, 2.05) is 0 Å². The van der Waals surface area contributed by atoms with Gasteiger partial charge in [0.25, 0.3) is 0 Å². The van der Waals surface area contributed by atoms with E-state index in [-0.39, 0.29) is 13.1 Å². The van der Waals surface area contributed by atoms with Gasteiger partial charge in [-0.1, -0.05) is 11.3 Å². The molecule has 14 heavy (non-hydrogen) atoms. The van der Waals surface area contributed by atoms with Crippen molar-refractivity contribution in [3.05, 3.63) is 5.51 Å². The van der Waals surface area contributed by atoms with Crippen LogP contribution in [-0.4, -0.2) is 40.3 Å². The molecule has 1 amide bonds. The second kappa shape index (κ2) is 5.12. The van der Waals surface area contributed by atoms with Crippen molar-refractivity contribution in [1.29, 1.82) is 0 Å². The topological polar surface area (TPSA) is 104 Å². The Morgan fingerprint density at radius 2 is 2.29 bits per heavy atom. The summed E-state index contributed by atoms with van der Waals surface area (Å²) >= 11 is 1.26. The SMILES string of the molecule is O=C(O)CNC(=O)CNc1nncs1. The predicted octanol–water partition coefficient (Wildman–Crippen LogP) is -0.849. The third kappa shape index (κ3) is 3.81. The molecular weight excluding hydrogens is 208 g/mol. The summed E-state index contributed by atoms with van der Waals surface area (Å²) in [7, 11) is 0. The molecule has 0 unspecified atom stereocenters. The maximum atomic E-state index is 11.0. The second-order valence-corrected chi connectivity index (χ2v) is 3.10. The van der Waals surface area contributed by atoms with Crippen molar-refractivity contribution in [3.8, 4) is 0 Å². The van der Waals surface area contributed by atoms with Gasteiger partial charge in [-0.05, 0) is 0 Å². The summed E-state index contributed by atoms with van der Waals surface area (Å²) in [5.74, 6) is -1.48. The van der Waals surface area contributed by atoms with E-state index in [2.05, 4.69) is 20.8 Å². The largest absolute Gasteiger partial charge is 0.480 e. The maximum absolute atomic E-state index is 11.0. The molecule has 3 N–H and O–H groups in total. The Morgan fingerprint density at radius 3 is 2.86 bits per heavy atom. The maximum Gasteiger partial charge on any atom is 0.322 e. The molecule has 0 saturated carbocycles. The summed E-state index contributed by atoms with van der Waals surface area (Å²) in [6.07, 6.45) is 0. The van der Waals surface area contributed by atoms with Crippen LogP contribution in [0, 0.1) is 0 Å². The number of aliphatic carboxylic acids is 1. The normalized spacial score (nSPS) is 9.43. The number of hydrogen-bond acceptors (Lipinski definition) is 6. The summed E-state index contributed by atoms with van der Waals surface area (Å²) in [4.78, 5) is 21.0. The summed E-state index contributed by atoms with van der Waals surface area (Å²) in [5.41, 5.74) is 1.53. The van der Waals surface area contributed by atoms with E-state index in [9.17, 15) is 9.59 Å². The molecule has 0 aliphatic rings. The molecule has 0 aliphatic carbocycles. The molecule has 0 bridgehead atoms. The van der Waals surface area contributed by atoms with E-state index in [0.717, 1.165) is 0 Å². The Labute approximate surface area is 83.2 Å². The van der Waals surface area contributed by atoms with Crippen LogP contribution in [0.25, 0.3) is 0 Å². The third-order valence-corrected chi connectivity index (χ3v) is 1.85. The molecule has 0 saturated heterocycles. The zero-order valence-corrected chi connectivity index (χ0v) is 7.87. The zero-order chi connectivity index (χ0) is 10.4. The van der Waals surface area contributed by atoms with Gasteiger partial charge in [0.1, 0.15) is 12.1 Å². The Kier molecular flexibility index (Phi) is 3.80. The van der Waals surface area contributed by atoms with E-state index in [0.29, 0.717) is 5.13 Å².